The molecule has 112 valence electrons. The van der Waals surface area contributed by atoms with E-state index in [-0.39, 0.29) is 35.3 Å². The number of benzene rings is 1. The van der Waals surface area contributed by atoms with Crippen LogP contribution < -0.4 is 4.90 Å². The summed E-state index contributed by atoms with van der Waals surface area (Å²) in [7, 11) is 1.26. The zero-order chi connectivity index (χ0) is 15.4. The van der Waals surface area contributed by atoms with Gasteiger partial charge in [-0.1, -0.05) is 24.3 Å². The van der Waals surface area contributed by atoms with Gasteiger partial charge < -0.3 is 9.47 Å². The fourth-order valence-corrected chi connectivity index (χ4v) is 3.49. The number of hydrogen-bond donors (Lipinski definition) is 0. The predicted molar refractivity (Wildman–Crippen MR) is 75.1 cm³/mol. The van der Waals surface area contributed by atoms with E-state index in [1.165, 1.54) is 7.11 Å². The van der Waals surface area contributed by atoms with Crippen LogP contribution in [0.4, 0.5) is 5.69 Å². The number of methoxy groups -OCH3 is 1. The molecule has 0 spiro atoms. The second-order valence-electron chi connectivity index (χ2n) is 5.52. The van der Waals surface area contributed by atoms with Crippen molar-refractivity contribution in [1.82, 2.24) is 0 Å². The highest BCUT2D eigenvalue weighted by Crippen LogP contribution is 2.46. The average Bonchev–Trinajstić information content (AvgIpc) is 3.21. The number of anilines is 1. The van der Waals surface area contributed by atoms with E-state index in [4.69, 9.17) is 9.47 Å². The highest BCUT2D eigenvalue weighted by Gasteiger charge is 2.61. The standard InChI is InChI=1S/C16H13NO5/c1-21-16(20)8-4-2-3-5-9(8)17-14(18)12-10-6-7-11(22-10)13(12)15(17)19/h2-7,10-13H,1H3/t10-,11+,12-,13+. The number of amides is 2. The molecule has 4 atom stereocenters. The topological polar surface area (TPSA) is 72.9 Å². The molecule has 2 fully saturated rings. The van der Waals surface area contributed by atoms with Crippen molar-refractivity contribution in [2.24, 2.45) is 11.8 Å². The van der Waals surface area contributed by atoms with Gasteiger partial charge in [-0.25, -0.2) is 9.69 Å². The molecule has 4 rings (SSSR count). The Bertz CT molecular complexity index is 695. The first-order valence-corrected chi connectivity index (χ1v) is 7.02. The van der Waals surface area contributed by atoms with Crippen LogP contribution in [-0.4, -0.2) is 37.1 Å². The van der Waals surface area contributed by atoms with Crippen LogP contribution in [0.15, 0.2) is 36.4 Å². The van der Waals surface area contributed by atoms with Crippen LogP contribution in [-0.2, 0) is 19.1 Å². The van der Waals surface area contributed by atoms with Gasteiger partial charge in [0.2, 0.25) is 11.8 Å². The highest BCUT2D eigenvalue weighted by molar-refractivity contribution is 6.24. The SMILES string of the molecule is COC(=O)c1ccccc1N1C(=O)[C@@H]2[C@H](C1=O)[C@H]1C=C[C@@H]2O1. The average molecular weight is 299 g/mol. The molecule has 0 saturated carbocycles. The van der Waals surface area contributed by atoms with Crippen molar-refractivity contribution in [3.05, 3.63) is 42.0 Å². The van der Waals surface area contributed by atoms with Crippen LogP contribution >= 0.6 is 0 Å². The molecule has 3 heterocycles. The second kappa shape index (κ2) is 4.51. The summed E-state index contributed by atoms with van der Waals surface area (Å²) in [6, 6.07) is 6.47. The van der Waals surface area contributed by atoms with Crippen LogP contribution in [0.3, 0.4) is 0 Å². The van der Waals surface area contributed by atoms with Gasteiger partial charge in [0, 0.05) is 0 Å². The molecule has 0 N–H and O–H groups in total. The van der Waals surface area contributed by atoms with Gasteiger partial charge in [0.1, 0.15) is 0 Å². The third-order valence-corrected chi connectivity index (χ3v) is 4.46. The van der Waals surface area contributed by atoms with Crippen LogP contribution in [0, 0.1) is 11.8 Å². The van der Waals surface area contributed by atoms with Crippen molar-refractivity contribution in [1.29, 1.82) is 0 Å². The number of carbonyl (C=O) groups excluding carboxylic acids is 3. The molecular formula is C16H13NO5. The van der Waals surface area contributed by atoms with E-state index in [9.17, 15) is 14.4 Å². The zero-order valence-corrected chi connectivity index (χ0v) is 11.8. The summed E-state index contributed by atoms with van der Waals surface area (Å²) in [5, 5.41) is 0. The molecule has 0 aromatic heterocycles. The minimum absolute atomic E-state index is 0.202. The zero-order valence-electron chi connectivity index (χ0n) is 11.8. The van der Waals surface area contributed by atoms with E-state index >= 15 is 0 Å². The van der Waals surface area contributed by atoms with Crippen LogP contribution in [0.1, 0.15) is 10.4 Å². The molecule has 0 unspecified atom stereocenters. The monoisotopic (exact) mass is 299 g/mol. The van der Waals surface area contributed by atoms with Gasteiger partial charge in [0.25, 0.3) is 0 Å². The van der Waals surface area contributed by atoms with Crippen LogP contribution in [0.2, 0.25) is 0 Å². The molecule has 6 nitrogen and oxygen atoms in total. The lowest BCUT2D eigenvalue weighted by molar-refractivity contribution is -0.124. The Morgan fingerprint density at radius 1 is 1.09 bits per heavy atom. The van der Waals surface area contributed by atoms with Crippen molar-refractivity contribution in [3.8, 4) is 0 Å². The van der Waals surface area contributed by atoms with E-state index in [2.05, 4.69) is 0 Å². The lowest BCUT2D eigenvalue weighted by Gasteiger charge is -2.19. The van der Waals surface area contributed by atoms with Crippen molar-refractivity contribution in [3.63, 3.8) is 0 Å². The maximum absolute atomic E-state index is 12.7. The number of ether oxygens (including phenoxy) is 2. The molecule has 3 aliphatic rings. The Morgan fingerprint density at radius 2 is 1.68 bits per heavy atom. The lowest BCUT2D eigenvalue weighted by Crippen LogP contribution is -2.35. The van der Waals surface area contributed by atoms with E-state index in [1.807, 2.05) is 12.2 Å². The second-order valence-corrected chi connectivity index (χ2v) is 5.52. The summed E-state index contributed by atoms with van der Waals surface area (Å²) >= 11 is 0. The number of esters is 1. The minimum Gasteiger partial charge on any atom is -0.465 e. The first-order chi connectivity index (χ1) is 10.6. The number of para-hydroxylation sites is 1. The Hall–Kier alpha value is -2.47. The van der Waals surface area contributed by atoms with E-state index < -0.39 is 17.8 Å². The normalized spacial score (nSPS) is 31.8. The molecule has 22 heavy (non-hydrogen) atoms. The van der Waals surface area contributed by atoms with E-state index in [0.29, 0.717) is 0 Å². The first kappa shape index (κ1) is 13.2. The fraction of sp³-hybridized carbons (Fsp3) is 0.312. The maximum Gasteiger partial charge on any atom is 0.339 e. The third kappa shape index (κ3) is 1.55. The smallest absolute Gasteiger partial charge is 0.339 e. The molecule has 2 bridgehead atoms. The summed E-state index contributed by atoms with van der Waals surface area (Å²) in [6.45, 7) is 0. The summed E-state index contributed by atoms with van der Waals surface area (Å²) in [6.07, 6.45) is 2.96. The maximum atomic E-state index is 12.7. The molecule has 2 saturated heterocycles. The van der Waals surface area contributed by atoms with Crippen molar-refractivity contribution in [2.75, 3.05) is 12.0 Å². The molecule has 1 aromatic rings. The summed E-state index contributed by atoms with van der Waals surface area (Å²) < 4.78 is 10.3. The largest absolute Gasteiger partial charge is 0.465 e. The van der Waals surface area contributed by atoms with Gasteiger partial charge in [-0.3, -0.25) is 9.59 Å². The summed E-state index contributed by atoms with van der Waals surface area (Å²) in [4.78, 5) is 38.4. The summed E-state index contributed by atoms with van der Waals surface area (Å²) in [5.74, 6) is -2.20. The van der Waals surface area contributed by atoms with Crippen molar-refractivity contribution in [2.45, 2.75) is 12.2 Å². The van der Waals surface area contributed by atoms with E-state index in [0.717, 1.165) is 4.90 Å². The summed E-state index contributed by atoms with van der Waals surface area (Å²) in [5.41, 5.74) is 0.478. The van der Waals surface area contributed by atoms with Crippen LogP contribution in [0.5, 0.6) is 0 Å². The highest BCUT2D eigenvalue weighted by atomic mass is 16.5. The van der Waals surface area contributed by atoms with E-state index in [1.54, 1.807) is 24.3 Å². The lowest BCUT2D eigenvalue weighted by atomic mass is 9.85. The molecule has 6 heteroatoms. The molecule has 2 amide bonds. The Balaban J connectivity index is 1.78. The van der Waals surface area contributed by atoms with Crippen molar-refractivity contribution >= 4 is 23.5 Å². The molecule has 3 aliphatic heterocycles. The number of fused-ring (bicyclic) bond motifs is 5. The van der Waals surface area contributed by atoms with Gasteiger partial charge in [0.15, 0.2) is 0 Å². The number of hydrogen-bond acceptors (Lipinski definition) is 5. The quantitative estimate of drug-likeness (QED) is 0.461. The molecular weight excluding hydrogens is 286 g/mol. The van der Waals surface area contributed by atoms with Crippen molar-refractivity contribution < 1.29 is 23.9 Å². The fourth-order valence-electron chi connectivity index (χ4n) is 3.49. The predicted octanol–water partition coefficient (Wildman–Crippen LogP) is 0.916. The van der Waals surface area contributed by atoms with Gasteiger partial charge in [0.05, 0.1) is 42.4 Å². The Kier molecular flexibility index (Phi) is 2.71. The number of rotatable bonds is 2. The van der Waals surface area contributed by atoms with Gasteiger partial charge in [-0.05, 0) is 12.1 Å². The van der Waals surface area contributed by atoms with Gasteiger partial charge in [-0.15, -0.1) is 0 Å². The number of nitrogens with zero attached hydrogens (tertiary/aromatic N) is 1. The Labute approximate surface area is 126 Å². The number of carbonyl (C=O) groups is 3. The molecule has 0 aliphatic carbocycles. The third-order valence-electron chi connectivity index (χ3n) is 4.46. The minimum atomic E-state index is -0.578. The first-order valence-electron chi connectivity index (χ1n) is 7.02. The number of imide groups is 1. The molecule has 1 aromatic carbocycles. The van der Waals surface area contributed by atoms with Gasteiger partial charge in [-0.2, -0.15) is 0 Å². The molecule has 0 radical (unpaired) electrons. The van der Waals surface area contributed by atoms with Gasteiger partial charge >= 0.3 is 5.97 Å². The Morgan fingerprint density at radius 3 is 2.27 bits per heavy atom. The van der Waals surface area contributed by atoms with Crippen LogP contribution in [0.25, 0.3) is 0 Å².